The molecule has 0 atom stereocenters. The maximum absolute atomic E-state index is 11.8. The second-order valence-electron chi connectivity index (χ2n) is 6.33. The lowest BCUT2D eigenvalue weighted by atomic mass is 10.2. The number of imidazole rings is 1. The first kappa shape index (κ1) is 24.5. The lowest BCUT2D eigenvalue weighted by Gasteiger charge is -2.08. The average Bonchev–Trinajstić information content (AvgIpc) is 3.15. The van der Waals surface area contributed by atoms with Gasteiger partial charge in [-0.3, -0.25) is 14.4 Å². The van der Waals surface area contributed by atoms with Crippen LogP contribution in [0.15, 0.2) is 17.7 Å². The molecule has 0 aliphatic heterocycles. The van der Waals surface area contributed by atoms with E-state index in [1.165, 1.54) is 13.3 Å². The number of ether oxygens (including phenoxy) is 3. The van der Waals surface area contributed by atoms with E-state index in [0.717, 1.165) is 22.7 Å². The SMILES string of the molecule is CCOC(=O)CNC(=O)CCCCSc1ncnc2ncn(COCCOC(C)=O)c12. The average molecular weight is 454 g/mol. The molecule has 31 heavy (non-hydrogen) atoms. The zero-order valence-electron chi connectivity index (χ0n) is 17.7. The fourth-order valence-corrected chi connectivity index (χ4v) is 3.53. The number of hydrogen-bond donors (Lipinski definition) is 1. The normalized spacial score (nSPS) is 10.8. The predicted molar refractivity (Wildman–Crippen MR) is 112 cm³/mol. The lowest BCUT2D eigenvalue weighted by Crippen LogP contribution is -2.30. The number of nitrogens with zero attached hydrogens (tertiary/aromatic N) is 4. The highest BCUT2D eigenvalue weighted by atomic mass is 32.2. The molecule has 0 aliphatic rings. The van der Waals surface area contributed by atoms with Crippen molar-refractivity contribution >= 4 is 40.8 Å². The summed E-state index contributed by atoms with van der Waals surface area (Å²) in [6.07, 6.45) is 4.92. The Labute approximate surface area is 184 Å². The highest BCUT2D eigenvalue weighted by Gasteiger charge is 2.12. The van der Waals surface area contributed by atoms with E-state index in [-0.39, 0.29) is 38.4 Å². The summed E-state index contributed by atoms with van der Waals surface area (Å²) in [5, 5.41) is 3.32. The Morgan fingerprint density at radius 3 is 2.74 bits per heavy atom. The minimum Gasteiger partial charge on any atom is -0.465 e. The molecule has 0 saturated carbocycles. The number of esters is 2. The number of carbonyl (C=O) groups is 3. The Kier molecular flexibility index (Phi) is 10.7. The van der Waals surface area contributed by atoms with E-state index in [9.17, 15) is 14.4 Å². The first-order valence-electron chi connectivity index (χ1n) is 9.93. The molecule has 0 radical (unpaired) electrons. The van der Waals surface area contributed by atoms with Crippen LogP contribution >= 0.6 is 11.8 Å². The van der Waals surface area contributed by atoms with Crippen molar-refractivity contribution in [3.05, 3.63) is 12.7 Å². The van der Waals surface area contributed by atoms with Crippen LogP contribution in [0.5, 0.6) is 0 Å². The van der Waals surface area contributed by atoms with Gasteiger partial charge in [0.05, 0.1) is 19.5 Å². The summed E-state index contributed by atoms with van der Waals surface area (Å²) in [6, 6.07) is 0. The third-order valence-corrected chi connectivity index (χ3v) is 4.98. The summed E-state index contributed by atoms with van der Waals surface area (Å²) >= 11 is 1.55. The molecule has 2 rings (SSSR count). The van der Waals surface area contributed by atoms with Gasteiger partial charge in [-0.05, 0) is 25.5 Å². The molecular formula is C19H27N5O6S. The number of carbonyl (C=O) groups excluding carboxylic acids is 3. The van der Waals surface area contributed by atoms with Gasteiger partial charge in [-0.2, -0.15) is 0 Å². The van der Waals surface area contributed by atoms with E-state index in [1.807, 2.05) is 0 Å². The molecule has 12 heteroatoms. The topological polar surface area (TPSA) is 135 Å². The summed E-state index contributed by atoms with van der Waals surface area (Å²) in [4.78, 5) is 46.5. The van der Waals surface area contributed by atoms with Crippen molar-refractivity contribution in [2.75, 3.05) is 32.1 Å². The molecule has 2 aromatic heterocycles. The van der Waals surface area contributed by atoms with Gasteiger partial charge in [-0.15, -0.1) is 11.8 Å². The maximum atomic E-state index is 11.8. The molecule has 0 unspecified atom stereocenters. The second-order valence-corrected chi connectivity index (χ2v) is 7.41. The first-order valence-corrected chi connectivity index (χ1v) is 10.9. The van der Waals surface area contributed by atoms with Gasteiger partial charge in [0.2, 0.25) is 5.91 Å². The van der Waals surface area contributed by atoms with Crippen LogP contribution in [0.4, 0.5) is 0 Å². The van der Waals surface area contributed by atoms with Crippen LogP contribution in [0.3, 0.4) is 0 Å². The Balaban J connectivity index is 1.75. The van der Waals surface area contributed by atoms with Gasteiger partial charge >= 0.3 is 11.9 Å². The van der Waals surface area contributed by atoms with Crippen LogP contribution in [-0.2, 0) is 35.3 Å². The van der Waals surface area contributed by atoms with E-state index in [2.05, 4.69) is 20.3 Å². The Hall–Kier alpha value is -2.73. The van der Waals surface area contributed by atoms with Gasteiger partial charge in [-0.1, -0.05) is 0 Å². The Bertz CT molecular complexity index is 875. The number of unbranched alkanes of at least 4 members (excludes halogenated alkanes) is 1. The van der Waals surface area contributed by atoms with Gasteiger partial charge in [0.25, 0.3) is 0 Å². The van der Waals surface area contributed by atoms with Gasteiger partial charge in [0.1, 0.15) is 36.8 Å². The fourth-order valence-electron chi connectivity index (χ4n) is 2.52. The van der Waals surface area contributed by atoms with Gasteiger partial charge < -0.3 is 24.1 Å². The number of hydrogen-bond acceptors (Lipinski definition) is 10. The van der Waals surface area contributed by atoms with E-state index < -0.39 is 5.97 Å². The highest BCUT2D eigenvalue weighted by molar-refractivity contribution is 7.99. The predicted octanol–water partition coefficient (Wildman–Crippen LogP) is 1.31. The molecular weight excluding hydrogens is 426 g/mol. The summed E-state index contributed by atoms with van der Waals surface area (Å²) < 4.78 is 16.9. The van der Waals surface area contributed by atoms with Crippen molar-refractivity contribution in [3.63, 3.8) is 0 Å². The first-order chi connectivity index (χ1) is 15.0. The van der Waals surface area contributed by atoms with Crippen LogP contribution in [-0.4, -0.2) is 69.5 Å². The Morgan fingerprint density at radius 1 is 1.13 bits per heavy atom. The number of thioether (sulfide) groups is 1. The van der Waals surface area contributed by atoms with Crippen molar-refractivity contribution in [2.45, 2.75) is 44.9 Å². The van der Waals surface area contributed by atoms with Crippen LogP contribution in [0.25, 0.3) is 11.2 Å². The minimum absolute atomic E-state index is 0.104. The molecule has 0 fully saturated rings. The molecule has 170 valence electrons. The quantitative estimate of drug-likeness (QED) is 0.193. The molecule has 0 spiro atoms. The van der Waals surface area contributed by atoms with Gasteiger partial charge in [-0.25, -0.2) is 15.0 Å². The zero-order chi connectivity index (χ0) is 22.5. The number of rotatable bonds is 14. The minimum atomic E-state index is -0.439. The maximum Gasteiger partial charge on any atom is 0.325 e. The number of amides is 1. The number of fused-ring (bicyclic) bond motifs is 1. The van der Waals surface area contributed by atoms with Crippen LogP contribution in [0, 0.1) is 0 Å². The van der Waals surface area contributed by atoms with Crippen molar-refractivity contribution in [2.24, 2.45) is 0 Å². The summed E-state index contributed by atoms with van der Waals surface area (Å²) in [7, 11) is 0. The van der Waals surface area contributed by atoms with Gasteiger partial charge in [0.15, 0.2) is 5.65 Å². The molecule has 0 bridgehead atoms. The number of aromatic nitrogens is 4. The summed E-state index contributed by atoms with van der Waals surface area (Å²) in [5.41, 5.74) is 1.34. The molecule has 0 saturated heterocycles. The third kappa shape index (κ3) is 8.89. The van der Waals surface area contributed by atoms with Crippen LogP contribution < -0.4 is 5.32 Å². The molecule has 2 aromatic rings. The van der Waals surface area contributed by atoms with Crippen LogP contribution in [0.1, 0.15) is 33.1 Å². The summed E-state index contributed by atoms with van der Waals surface area (Å²) in [6.45, 7) is 3.95. The van der Waals surface area contributed by atoms with Crippen molar-refractivity contribution in [3.8, 4) is 0 Å². The summed E-state index contributed by atoms with van der Waals surface area (Å²) in [5.74, 6) is -0.201. The molecule has 1 amide bonds. The largest absolute Gasteiger partial charge is 0.465 e. The smallest absolute Gasteiger partial charge is 0.325 e. The molecule has 2 heterocycles. The van der Waals surface area contributed by atoms with E-state index >= 15 is 0 Å². The standard InChI is InChI=1S/C19H27N5O6S/c1-3-29-16(27)10-20-15(26)6-4-5-9-31-19-17-18(21-11-22-19)23-12-24(17)13-28-7-8-30-14(2)25/h11-12H,3-10,13H2,1-2H3,(H,20,26). The fraction of sp³-hybridized carbons (Fsp3) is 0.579. The second kappa shape index (κ2) is 13.5. The van der Waals surface area contributed by atoms with E-state index in [1.54, 1.807) is 29.6 Å². The number of nitrogens with one attached hydrogen (secondary N) is 1. The van der Waals surface area contributed by atoms with Gasteiger partial charge in [0, 0.05) is 13.3 Å². The van der Waals surface area contributed by atoms with Crippen molar-refractivity contribution in [1.82, 2.24) is 24.8 Å². The molecule has 11 nitrogen and oxygen atoms in total. The molecule has 0 aromatic carbocycles. The van der Waals surface area contributed by atoms with Crippen LogP contribution in [0.2, 0.25) is 0 Å². The van der Waals surface area contributed by atoms with Crippen molar-refractivity contribution in [1.29, 1.82) is 0 Å². The lowest BCUT2D eigenvalue weighted by molar-refractivity contribution is -0.143. The third-order valence-electron chi connectivity index (χ3n) is 3.91. The Morgan fingerprint density at radius 2 is 1.97 bits per heavy atom. The molecule has 1 N–H and O–H groups in total. The van der Waals surface area contributed by atoms with Crippen molar-refractivity contribution < 1.29 is 28.6 Å². The monoisotopic (exact) mass is 453 g/mol. The highest BCUT2D eigenvalue weighted by Crippen LogP contribution is 2.25. The molecule has 0 aliphatic carbocycles. The van der Waals surface area contributed by atoms with E-state index in [4.69, 9.17) is 14.2 Å². The van der Waals surface area contributed by atoms with E-state index in [0.29, 0.717) is 25.1 Å². The zero-order valence-corrected chi connectivity index (χ0v) is 18.5.